The van der Waals surface area contributed by atoms with Gasteiger partial charge in [0.05, 0.1) is 20.8 Å². The molecule has 0 aliphatic heterocycles. The van der Waals surface area contributed by atoms with Gasteiger partial charge in [-0.15, -0.1) is 0 Å². The van der Waals surface area contributed by atoms with E-state index in [-0.39, 0.29) is 0 Å². The van der Waals surface area contributed by atoms with Crippen LogP contribution < -0.4 is 11.5 Å². The molecule has 0 saturated carbocycles. The van der Waals surface area contributed by atoms with Crippen LogP contribution in [0.3, 0.4) is 0 Å². The van der Waals surface area contributed by atoms with Gasteiger partial charge in [-0.1, -0.05) is 52.5 Å². The number of benzene rings is 2. The molecule has 0 heterocycles. The van der Waals surface area contributed by atoms with E-state index in [1.165, 1.54) is 12.1 Å². The molecule has 2 aromatic rings. The molecule has 0 spiro atoms. The molecule has 0 atom stereocenters. The molecule has 0 aliphatic carbocycles. The Morgan fingerprint density at radius 3 is 1.78 bits per heavy atom. The molecule has 0 bridgehead atoms. The molecule has 4 N–H and O–H groups in total. The average molecular weight is 324 g/mol. The predicted molar refractivity (Wildman–Crippen MR) is 81.7 cm³/mol. The van der Waals surface area contributed by atoms with Crippen LogP contribution in [-0.4, -0.2) is 0 Å². The Labute approximate surface area is 125 Å². The van der Waals surface area contributed by atoms with Crippen LogP contribution in [0.2, 0.25) is 20.1 Å². The third-order valence-corrected chi connectivity index (χ3v) is 3.17. The number of anilines is 2. The highest BCUT2D eigenvalue weighted by Gasteiger charge is 2.01. The van der Waals surface area contributed by atoms with Gasteiger partial charge < -0.3 is 11.5 Å². The minimum absolute atomic E-state index is 0.417. The highest BCUT2D eigenvalue weighted by atomic mass is 35.5. The second-order valence-corrected chi connectivity index (χ2v) is 5.00. The van der Waals surface area contributed by atoms with E-state index in [1.54, 1.807) is 18.2 Å². The van der Waals surface area contributed by atoms with Gasteiger partial charge >= 0.3 is 0 Å². The molecule has 0 unspecified atom stereocenters. The maximum Gasteiger partial charge on any atom is 0.0651 e. The lowest BCUT2D eigenvalue weighted by molar-refractivity contribution is 1.68. The Bertz CT molecular complexity index is 476. The van der Waals surface area contributed by atoms with E-state index < -0.39 is 0 Å². The fourth-order valence-corrected chi connectivity index (χ4v) is 1.80. The summed E-state index contributed by atoms with van der Waals surface area (Å²) < 4.78 is 0. The van der Waals surface area contributed by atoms with Gasteiger partial charge in [0.1, 0.15) is 0 Å². The Kier molecular flexibility index (Phi) is 5.89. The summed E-state index contributed by atoms with van der Waals surface area (Å²) in [5.74, 6) is 0. The number of hydrogen-bond acceptors (Lipinski definition) is 2. The molecule has 2 aromatic carbocycles. The second-order valence-electron chi connectivity index (χ2n) is 3.34. The number of nitrogens with two attached hydrogens (primary N) is 2. The standard InChI is InChI=1S/C6H4Cl3N.C6H6ClN/c7-3-1-5(9)6(10)2-4(3)8;7-5-2-1-3-6(8)4-5/h1-2H,10H2;1-4H,8H2. The largest absolute Gasteiger partial charge is 0.399 e. The molecule has 0 fully saturated rings. The second kappa shape index (κ2) is 6.95. The van der Waals surface area contributed by atoms with Crippen molar-refractivity contribution in [3.8, 4) is 0 Å². The number of rotatable bonds is 0. The first-order valence-electron chi connectivity index (χ1n) is 4.81. The first-order chi connectivity index (χ1) is 8.40. The summed E-state index contributed by atoms with van der Waals surface area (Å²) in [6.07, 6.45) is 0. The first-order valence-corrected chi connectivity index (χ1v) is 6.32. The van der Waals surface area contributed by atoms with Gasteiger partial charge in [-0.2, -0.15) is 0 Å². The van der Waals surface area contributed by atoms with Crippen LogP contribution in [0.4, 0.5) is 11.4 Å². The van der Waals surface area contributed by atoms with E-state index in [0.717, 1.165) is 0 Å². The van der Waals surface area contributed by atoms with Crippen molar-refractivity contribution in [2.45, 2.75) is 0 Å². The van der Waals surface area contributed by atoms with Gasteiger partial charge in [0.25, 0.3) is 0 Å². The van der Waals surface area contributed by atoms with E-state index in [1.807, 2.05) is 6.07 Å². The van der Waals surface area contributed by atoms with E-state index in [4.69, 9.17) is 57.9 Å². The predicted octanol–water partition coefficient (Wildman–Crippen LogP) is 5.15. The molecule has 2 rings (SSSR count). The van der Waals surface area contributed by atoms with Crippen LogP contribution in [0, 0.1) is 0 Å². The third-order valence-electron chi connectivity index (χ3n) is 1.89. The van der Waals surface area contributed by atoms with Crippen LogP contribution in [0.5, 0.6) is 0 Å². The lowest BCUT2D eigenvalue weighted by Crippen LogP contribution is -1.85. The summed E-state index contributed by atoms with van der Waals surface area (Å²) in [4.78, 5) is 0. The van der Waals surface area contributed by atoms with Crippen molar-refractivity contribution in [3.63, 3.8) is 0 Å². The van der Waals surface area contributed by atoms with E-state index in [9.17, 15) is 0 Å². The zero-order valence-corrected chi connectivity index (χ0v) is 12.2. The summed E-state index contributed by atoms with van der Waals surface area (Å²) in [6.45, 7) is 0. The summed E-state index contributed by atoms with van der Waals surface area (Å²) in [7, 11) is 0. The van der Waals surface area contributed by atoms with Gasteiger partial charge in [0.15, 0.2) is 0 Å². The third kappa shape index (κ3) is 4.83. The Hall–Kier alpha value is -0.800. The molecule has 0 saturated heterocycles. The maximum atomic E-state index is 5.62. The molecular formula is C12H10Cl4N2. The van der Waals surface area contributed by atoms with Gasteiger partial charge in [-0.3, -0.25) is 0 Å². The zero-order chi connectivity index (χ0) is 13.7. The molecule has 6 heteroatoms. The first kappa shape index (κ1) is 15.3. The summed E-state index contributed by atoms with van der Waals surface area (Å²) in [6, 6.07) is 10.1. The molecule has 0 aliphatic rings. The van der Waals surface area contributed by atoms with Gasteiger partial charge in [-0.05, 0) is 30.3 Å². The highest BCUT2D eigenvalue weighted by molar-refractivity contribution is 6.43. The molecule has 0 radical (unpaired) electrons. The van der Waals surface area contributed by atoms with Gasteiger partial charge in [-0.25, -0.2) is 0 Å². The monoisotopic (exact) mass is 322 g/mol. The van der Waals surface area contributed by atoms with Crippen LogP contribution in [-0.2, 0) is 0 Å². The Morgan fingerprint density at radius 2 is 1.33 bits per heavy atom. The van der Waals surface area contributed by atoms with Crippen molar-refractivity contribution >= 4 is 57.8 Å². The smallest absolute Gasteiger partial charge is 0.0651 e. The van der Waals surface area contributed by atoms with Crippen molar-refractivity contribution in [3.05, 3.63) is 56.5 Å². The Balaban J connectivity index is 0.000000184. The maximum absolute atomic E-state index is 5.62. The molecule has 96 valence electrons. The number of halogens is 4. The van der Waals surface area contributed by atoms with Gasteiger partial charge in [0.2, 0.25) is 0 Å². The Morgan fingerprint density at radius 1 is 0.722 bits per heavy atom. The van der Waals surface area contributed by atoms with Crippen LogP contribution in [0.1, 0.15) is 0 Å². The number of nitrogen functional groups attached to an aromatic ring is 2. The normalized spacial score (nSPS) is 9.56. The lowest BCUT2D eigenvalue weighted by atomic mass is 10.3. The van der Waals surface area contributed by atoms with Crippen molar-refractivity contribution in [2.24, 2.45) is 0 Å². The van der Waals surface area contributed by atoms with Crippen LogP contribution >= 0.6 is 46.4 Å². The number of hydrogen-bond donors (Lipinski definition) is 2. The summed E-state index contributed by atoms with van der Waals surface area (Å²) in [5.41, 5.74) is 11.9. The zero-order valence-electron chi connectivity index (χ0n) is 9.13. The van der Waals surface area contributed by atoms with Crippen LogP contribution in [0.25, 0.3) is 0 Å². The van der Waals surface area contributed by atoms with E-state index in [0.29, 0.717) is 31.5 Å². The minimum Gasteiger partial charge on any atom is -0.399 e. The fraction of sp³-hybridized carbons (Fsp3) is 0. The average Bonchev–Trinajstić information content (AvgIpc) is 2.27. The van der Waals surface area contributed by atoms with Gasteiger partial charge in [0, 0.05) is 10.7 Å². The fourth-order valence-electron chi connectivity index (χ4n) is 1.04. The molecule has 2 nitrogen and oxygen atoms in total. The lowest BCUT2D eigenvalue weighted by Gasteiger charge is -1.99. The molecule has 0 amide bonds. The summed E-state index contributed by atoms with van der Waals surface area (Å²) >= 11 is 22.4. The van der Waals surface area contributed by atoms with Crippen molar-refractivity contribution in [1.29, 1.82) is 0 Å². The van der Waals surface area contributed by atoms with Crippen molar-refractivity contribution in [1.82, 2.24) is 0 Å². The quantitative estimate of drug-likeness (QED) is 0.520. The SMILES string of the molecule is Nc1cc(Cl)c(Cl)cc1Cl.Nc1cccc(Cl)c1. The van der Waals surface area contributed by atoms with Crippen LogP contribution in [0.15, 0.2) is 36.4 Å². The molecule has 0 aromatic heterocycles. The molecular weight excluding hydrogens is 314 g/mol. The summed E-state index contributed by atoms with van der Waals surface area (Å²) in [5, 5.41) is 1.95. The van der Waals surface area contributed by atoms with Crippen molar-refractivity contribution < 1.29 is 0 Å². The topological polar surface area (TPSA) is 52.0 Å². The van der Waals surface area contributed by atoms with E-state index >= 15 is 0 Å². The van der Waals surface area contributed by atoms with E-state index in [2.05, 4.69) is 0 Å². The highest BCUT2D eigenvalue weighted by Crippen LogP contribution is 2.29. The molecule has 18 heavy (non-hydrogen) atoms. The minimum atomic E-state index is 0.417. The van der Waals surface area contributed by atoms with Crippen molar-refractivity contribution in [2.75, 3.05) is 11.5 Å².